The Morgan fingerprint density at radius 3 is 1.82 bits per heavy atom. The van der Waals surface area contributed by atoms with Crippen LogP contribution in [0.2, 0.25) is 18.6 Å². The number of hydrogen-bond donors (Lipinski definition) is 2. The van der Waals surface area contributed by atoms with E-state index in [1.807, 2.05) is 166 Å². The molecule has 8 aromatic rings. The van der Waals surface area contributed by atoms with Crippen molar-refractivity contribution in [3.05, 3.63) is 210 Å². The first kappa shape index (κ1) is 46.8. The van der Waals surface area contributed by atoms with E-state index in [9.17, 15) is 19.5 Å². The number of para-hydroxylation sites is 6. The molecule has 2 N–H and O–H groups in total. The molecule has 4 aliphatic heterocycles. The van der Waals surface area contributed by atoms with Crippen molar-refractivity contribution in [1.82, 2.24) is 15.0 Å². The fourth-order valence-electron chi connectivity index (χ4n) is 11.6. The first-order valence-corrected chi connectivity index (χ1v) is 27.9. The number of anilines is 5. The third-order valence-electron chi connectivity index (χ3n) is 15.0. The molecule has 14 nitrogen and oxygen atoms in total. The van der Waals surface area contributed by atoms with Crippen molar-refractivity contribution in [3.8, 4) is 23.0 Å². The van der Waals surface area contributed by atoms with Crippen molar-refractivity contribution in [2.24, 2.45) is 5.92 Å². The van der Waals surface area contributed by atoms with Crippen LogP contribution < -0.4 is 24.2 Å². The van der Waals surface area contributed by atoms with Crippen LogP contribution in [0.4, 0.5) is 28.4 Å². The average molecular weight is 1000 g/mol. The molecular formula is C59H52N6O8Si. The number of aliphatic hydroxyl groups excluding tert-OH is 1. The van der Waals surface area contributed by atoms with Crippen LogP contribution in [-0.2, 0) is 28.2 Å². The Hall–Kier alpha value is -8.21. The van der Waals surface area contributed by atoms with Gasteiger partial charge in [0.25, 0.3) is 17.7 Å². The zero-order chi connectivity index (χ0) is 50.9. The van der Waals surface area contributed by atoms with Crippen LogP contribution in [0.25, 0.3) is 0 Å². The molecule has 7 aromatic carbocycles. The van der Waals surface area contributed by atoms with Crippen LogP contribution in [0.1, 0.15) is 62.4 Å². The number of hydrogen-bond acceptors (Lipinski definition) is 10. The summed E-state index contributed by atoms with van der Waals surface area (Å²) in [4.78, 5) is 62.2. The number of amides is 3. The van der Waals surface area contributed by atoms with Crippen molar-refractivity contribution in [1.29, 1.82) is 0 Å². The predicted octanol–water partition coefficient (Wildman–Crippen LogP) is 11.0. The third kappa shape index (κ3) is 7.78. The lowest BCUT2D eigenvalue weighted by molar-refractivity contribution is -0.146. The molecule has 5 heterocycles. The lowest BCUT2D eigenvalue weighted by Gasteiger charge is -2.32. The van der Waals surface area contributed by atoms with E-state index in [2.05, 4.69) is 10.3 Å². The highest BCUT2D eigenvalue weighted by molar-refractivity contribution is 6.71. The van der Waals surface area contributed by atoms with E-state index in [4.69, 9.17) is 14.2 Å². The number of nitrogens with zero attached hydrogens (tertiary/aromatic N) is 6. The van der Waals surface area contributed by atoms with Gasteiger partial charge in [0, 0.05) is 41.1 Å². The number of fused-ring (bicyclic) bond motifs is 6. The maximum atomic E-state index is 15.9. The number of benzene rings is 7. The van der Waals surface area contributed by atoms with Crippen LogP contribution in [0.15, 0.2) is 176 Å². The molecule has 4 aliphatic rings. The second-order valence-corrected chi connectivity index (χ2v) is 23.8. The zero-order valence-corrected chi connectivity index (χ0v) is 41.9. The summed E-state index contributed by atoms with van der Waals surface area (Å²) in [7, 11) is -3.12. The number of aryl methyl sites for hydroxylation is 1. The first-order chi connectivity index (χ1) is 35.9. The van der Waals surface area contributed by atoms with Gasteiger partial charge < -0.3 is 29.0 Å². The monoisotopic (exact) mass is 1000 g/mol. The van der Waals surface area contributed by atoms with Crippen LogP contribution in [0, 0.1) is 5.92 Å². The van der Waals surface area contributed by atoms with Gasteiger partial charge in [0.15, 0.2) is 25.4 Å². The number of aliphatic hydroxyl groups is 1. The largest absolute Gasteiger partial charge is 0.454 e. The van der Waals surface area contributed by atoms with E-state index in [0.29, 0.717) is 86.8 Å². The molecule has 5 atom stereocenters. The smallest absolute Gasteiger partial charge is 0.266 e. The molecule has 3 amide bonds. The van der Waals surface area contributed by atoms with Gasteiger partial charge in [-0.15, -0.1) is 5.10 Å². The Labute approximate surface area is 428 Å². The van der Waals surface area contributed by atoms with Gasteiger partial charge in [-0.3, -0.25) is 28.9 Å². The van der Waals surface area contributed by atoms with Crippen molar-refractivity contribution in [2.75, 3.05) is 21.3 Å². The van der Waals surface area contributed by atoms with Gasteiger partial charge in [0.05, 0.1) is 59.1 Å². The minimum absolute atomic E-state index is 0.143. The number of aromatic nitrogens is 3. The van der Waals surface area contributed by atoms with Gasteiger partial charge in [0.1, 0.15) is 11.5 Å². The topological polar surface area (TPSA) is 160 Å². The summed E-state index contributed by atoms with van der Waals surface area (Å²) in [6, 6.07) is 52.0. The van der Waals surface area contributed by atoms with E-state index in [1.165, 1.54) is 0 Å². The molecule has 370 valence electrons. The molecule has 1 saturated heterocycles. The number of carbonyl (C=O) groups excluding carboxylic acids is 3. The Kier molecular flexibility index (Phi) is 11.6. The third-order valence-corrected chi connectivity index (χ3v) is 17.5. The molecule has 0 radical (unpaired) electrons. The fraction of sp³-hybridized carbons (Fsp3) is 0.203. The minimum atomic E-state index is -3.12. The lowest BCUT2D eigenvalue weighted by Crippen LogP contribution is -2.46. The normalized spacial score (nSPS) is 20.2. The molecule has 0 saturated carbocycles. The standard InChI is InChI=1S/C59H52N6O8Si/c1-37-55(74(2,3)70)54(31-32-62-35-46(60-61-62)44(36-66)39-15-5-4-6-16-39)73-59(37)45-33-41(65-49-20-10-14-24-53(49)72-51-22-12-8-18-43(51)57(65)68)29-30-47(45)63(58(59)69)34-38-25-27-40(28-26-38)64-48-19-9-13-23-52(48)71-50-21-11-7-17-42(50)56(64)67/h4-30,33,35,37,44,54-55,66,70H,31-32,34,36H2,1-3H3/t37-,44?,54+,55-,59+/m1/s1. The average Bonchev–Trinajstić information content (AvgIpc) is 4.03. The summed E-state index contributed by atoms with van der Waals surface area (Å²) in [5, 5.41) is 19.3. The van der Waals surface area contributed by atoms with Gasteiger partial charge in [-0.25, -0.2) is 0 Å². The highest BCUT2D eigenvalue weighted by Gasteiger charge is 2.66. The second kappa shape index (κ2) is 18.4. The first-order valence-electron chi connectivity index (χ1n) is 24.8. The van der Waals surface area contributed by atoms with E-state index >= 15 is 4.79 Å². The van der Waals surface area contributed by atoms with Gasteiger partial charge >= 0.3 is 0 Å². The van der Waals surface area contributed by atoms with E-state index < -0.39 is 31.5 Å². The molecule has 1 aromatic heterocycles. The van der Waals surface area contributed by atoms with Crippen molar-refractivity contribution in [3.63, 3.8) is 0 Å². The van der Waals surface area contributed by atoms with Crippen molar-refractivity contribution < 1.29 is 38.5 Å². The Bertz CT molecular complexity index is 3490. The highest BCUT2D eigenvalue weighted by atomic mass is 28.4. The van der Waals surface area contributed by atoms with Gasteiger partial charge in [0.2, 0.25) is 0 Å². The van der Waals surface area contributed by atoms with Crippen LogP contribution in [-0.4, -0.2) is 63.6 Å². The molecule has 0 aliphatic carbocycles. The molecule has 1 unspecified atom stereocenters. The summed E-state index contributed by atoms with van der Waals surface area (Å²) < 4.78 is 21.7. The SMILES string of the molecule is C[C@@H]1[C@@H]([Si](C)(C)O)[C@H](CCn2cc(C(CO)c3ccccc3)nn2)O[C@@]12C(=O)N(Cc1ccc(N3C(=O)c4ccccc4Oc4ccccc43)cc1)c1ccc(N3C(=O)c4ccccc4Oc4ccccc43)cc12. The Balaban J connectivity index is 0.925. The van der Waals surface area contributed by atoms with Crippen LogP contribution in [0.5, 0.6) is 23.0 Å². The van der Waals surface area contributed by atoms with E-state index in [1.54, 1.807) is 49.7 Å². The number of rotatable bonds is 11. The maximum Gasteiger partial charge on any atom is 0.266 e. The highest BCUT2D eigenvalue weighted by Crippen LogP contribution is 2.61. The van der Waals surface area contributed by atoms with Gasteiger partial charge in [-0.1, -0.05) is 103 Å². The predicted molar refractivity (Wildman–Crippen MR) is 282 cm³/mol. The van der Waals surface area contributed by atoms with E-state index in [0.717, 1.165) is 11.1 Å². The van der Waals surface area contributed by atoms with Crippen LogP contribution in [0.3, 0.4) is 0 Å². The Morgan fingerprint density at radius 1 is 0.662 bits per heavy atom. The summed E-state index contributed by atoms with van der Waals surface area (Å²) in [6.45, 7) is 6.15. The zero-order valence-electron chi connectivity index (χ0n) is 40.9. The molecule has 1 spiro atoms. The van der Waals surface area contributed by atoms with E-state index in [-0.39, 0.29) is 36.8 Å². The van der Waals surface area contributed by atoms with Crippen LogP contribution >= 0.6 is 0 Å². The molecular weight excluding hydrogens is 949 g/mol. The number of carbonyl (C=O) groups is 3. The summed E-state index contributed by atoms with van der Waals surface area (Å²) in [5.74, 6) is 0.229. The summed E-state index contributed by atoms with van der Waals surface area (Å²) >= 11 is 0. The van der Waals surface area contributed by atoms with Crippen molar-refractivity contribution >= 4 is 54.5 Å². The second-order valence-electron chi connectivity index (χ2n) is 19.9. The maximum absolute atomic E-state index is 15.9. The fourth-order valence-corrected chi connectivity index (χ4v) is 14.2. The number of ether oxygens (including phenoxy) is 3. The van der Waals surface area contributed by atoms with Crippen molar-refractivity contribution in [2.45, 2.75) is 62.7 Å². The summed E-state index contributed by atoms with van der Waals surface area (Å²) in [5.41, 5.74) is 4.62. The molecule has 1 fully saturated rings. The molecule has 0 bridgehead atoms. The quantitative estimate of drug-likeness (QED) is 0.119. The lowest BCUT2D eigenvalue weighted by atomic mass is 9.82. The molecule has 15 heteroatoms. The van der Waals surface area contributed by atoms with Gasteiger partial charge in [-0.05, 0) is 110 Å². The molecule has 74 heavy (non-hydrogen) atoms. The Morgan fingerprint density at radius 2 is 1.22 bits per heavy atom. The van der Waals surface area contributed by atoms with Gasteiger partial charge in [-0.2, -0.15) is 0 Å². The molecule has 12 rings (SSSR count). The minimum Gasteiger partial charge on any atom is -0.454 e. The summed E-state index contributed by atoms with van der Waals surface area (Å²) in [6.07, 6.45) is 1.64.